The zero-order valence-corrected chi connectivity index (χ0v) is 13.3. The third kappa shape index (κ3) is 4.95. The Bertz CT molecular complexity index is 444. The molecule has 0 spiro atoms. The number of aliphatic hydroxyl groups is 1. The van der Waals surface area contributed by atoms with Crippen molar-refractivity contribution in [3.63, 3.8) is 0 Å². The minimum absolute atomic E-state index is 0.0440. The summed E-state index contributed by atoms with van der Waals surface area (Å²) in [6, 6.07) is 10.4. The molecule has 2 rings (SSSR count). The maximum absolute atomic E-state index is 9.84. The first-order chi connectivity index (χ1) is 10.1. The number of likely N-dealkylation sites (tertiary alicyclic amines) is 1. The number of aliphatic hydroxyl groups excluding tert-OH is 1. The zero-order chi connectivity index (χ0) is 15.1. The molecular weight excluding hydrogens is 260 g/mol. The molecule has 0 radical (unpaired) electrons. The summed E-state index contributed by atoms with van der Waals surface area (Å²) in [4.78, 5) is 4.65. The third-order valence-electron chi connectivity index (χ3n) is 4.20. The molecule has 0 bridgehead atoms. The Kier molecular flexibility index (Phi) is 5.97. The Morgan fingerprint density at radius 1 is 1.29 bits per heavy atom. The van der Waals surface area contributed by atoms with Gasteiger partial charge in [-0.15, -0.1) is 0 Å². The standard InChI is InChI=1S/C18H28N2O/c1-19(2)14-18(16-21)11-7-13-20(15-18)12-6-10-17-8-4-3-5-9-17/h3-6,8-10,21H,7,11-16H2,1-2H3. The summed E-state index contributed by atoms with van der Waals surface area (Å²) < 4.78 is 0. The lowest BCUT2D eigenvalue weighted by Gasteiger charge is -2.43. The van der Waals surface area contributed by atoms with Crippen LogP contribution in [0.3, 0.4) is 0 Å². The van der Waals surface area contributed by atoms with Gasteiger partial charge in [-0.25, -0.2) is 0 Å². The minimum atomic E-state index is 0.0440. The Hall–Kier alpha value is -1.16. The van der Waals surface area contributed by atoms with Gasteiger partial charge < -0.3 is 10.0 Å². The molecule has 1 heterocycles. The van der Waals surface area contributed by atoms with Gasteiger partial charge in [0.15, 0.2) is 0 Å². The van der Waals surface area contributed by atoms with Crippen LogP contribution in [0, 0.1) is 5.41 Å². The number of benzene rings is 1. The average Bonchev–Trinajstić information content (AvgIpc) is 2.48. The minimum Gasteiger partial charge on any atom is -0.396 e. The Morgan fingerprint density at radius 2 is 2.05 bits per heavy atom. The van der Waals surface area contributed by atoms with Crippen LogP contribution in [0.5, 0.6) is 0 Å². The topological polar surface area (TPSA) is 26.7 Å². The van der Waals surface area contributed by atoms with Gasteiger partial charge in [0.05, 0.1) is 6.61 Å². The number of rotatable bonds is 6. The fourth-order valence-electron chi connectivity index (χ4n) is 3.35. The van der Waals surface area contributed by atoms with Crippen LogP contribution in [0.15, 0.2) is 36.4 Å². The van der Waals surface area contributed by atoms with Crippen molar-refractivity contribution in [3.8, 4) is 0 Å². The van der Waals surface area contributed by atoms with Crippen LogP contribution in [-0.2, 0) is 0 Å². The first kappa shape index (κ1) is 16.2. The number of hydrogen-bond donors (Lipinski definition) is 1. The summed E-state index contributed by atoms with van der Waals surface area (Å²) in [6.45, 7) is 4.33. The predicted molar refractivity (Wildman–Crippen MR) is 89.2 cm³/mol. The summed E-state index contributed by atoms with van der Waals surface area (Å²) >= 11 is 0. The van der Waals surface area contributed by atoms with Gasteiger partial charge in [-0.3, -0.25) is 4.90 Å². The molecule has 0 saturated carbocycles. The van der Waals surface area contributed by atoms with Gasteiger partial charge >= 0.3 is 0 Å². The van der Waals surface area contributed by atoms with E-state index in [1.165, 1.54) is 12.0 Å². The normalized spacial score (nSPS) is 24.0. The van der Waals surface area contributed by atoms with Gasteiger partial charge in [-0.05, 0) is 39.0 Å². The van der Waals surface area contributed by atoms with E-state index in [2.05, 4.69) is 60.3 Å². The van der Waals surface area contributed by atoms with E-state index in [9.17, 15) is 5.11 Å². The van der Waals surface area contributed by atoms with Crippen molar-refractivity contribution in [2.24, 2.45) is 5.41 Å². The molecule has 0 aromatic heterocycles. The van der Waals surface area contributed by atoms with Gasteiger partial charge in [0.25, 0.3) is 0 Å². The monoisotopic (exact) mass is 288 g/mol. The van der Waals surface area contributed by atoms with Gasteiger partial charge in [0.2, 0.25) is 0 Å². The molecule has 1 aromatic rings. The molecule has 1 aliphatic rings. The molecular formula is C18H28N2O. The van der Waals surface area contributed by atoms with Crippen LogP contribution in [0.1, 0.15) is 18.4 Å². The van der Waals surface area contributed by atoms with Gasteiger partial charge in [-0.1, -0.05) is 42.5 Å². The van der Waals surface area contributed by atoms with Crippen LogP contribution < -0.4 is 0 Å². The second-order valence-corrected chi connectivity index (χ2v) is 6.55. The number of hydrogen-bond acceptors (Lipinski definition) is 3. The molecule has 1 aromatic carbocycles. The van der Waals surface area contributed by atoms with Crippen molar-refractivity contribution in [2.75, 3.05) is 46.9 Å². The first-order valence-electron chi connectivity index (χ1n) is 7.83. The summed E-state index contributed by atoms with van der Waals surface area (Å²) in [5, 5.41) is 9.84. The molecule has 0 amide bonds. The lowest BCUT2D eigenvalue weighted by Crippen LogP contribution is -2.50. The van der Waals surface area contributed by atoms with E-state index in [1.807, 2.05) is 6.07 Å². The number of nitrogens with zero attached hydrogens (tertiary/aromatic N) is 2. The van der Waals surface area contributed by atoms with E-state index in [-0.39, 0.29) is 12.0 Å². The van der Waals surface area contributed by atoms with E-state index in [4.69, 9.17) is 0 Å². The second-order valence-electron chi connectivity index (χ2n) is 6.55. The van der Waals surface area contributed by atoms with Crippen molar-refractivity contribution in [1.82, 2.24) is 9.80 Å². The molecule has 1 aliphatic heterocycles. The predicted octanol–water partition coefficient (Wildman–Crippen LogP) is 2.34. The summed E-state index contributed by atoms with van der Waals surface area (Å²) in [5.41, 5.74) is 1.29. The highest BCUT2D eigenvalue weighted by atomic mass is 16.3. The molecule has 1 unspecified atom stereocenters. The quantitative estimate of drug-likeness (QED) is 0.870. The van der Waals surface area contributed by atoms with Crippen molar-refractivity contribution in [3.05, 3.63) is 42.0 Å². The van der Waals surface area contributed by atoms with Gasteiger partial charge in [0.1, 0.15) is 0 Å². The van der Waals surface area contributed by atoms with E-state index < -0.39 is 0 Å². The Morgan fingerprint density at radius 3 is 2.71 bits per heavy atom. The van der Waals surface area contributed by atoms with Crippen molar-refractivity contribution < 1.29 is 5.11 Å². The van der Waals surface area contributed by atoms with Crippen LogP contribution in [-0.4, -0.2) is 61.8 Å². The maximum Gasteiger partial charge on any atom is 0.0512 e. The number of piperidine rings is 1. The fraction of sp³-hybridized carbons (Fsp3) is 0.556. The van der Waals surface area contributed by atoms with E-state index >= 15 is 0 Å². The fourth-order valence-corrected chi connectivity index (χ4v) is 3.35. The smallest absolute Gasteiger partial charge is 0.0512 e. The van der Waals surface area contributed by atoms with Gasteiger partial charge in [-0.2, -0.15) is 0 Å². The van der Waals surface area contributed by atoms with Crippen LogP contribution >= 0.6 is 0 Å². The van der Waals surface area contributed by atoms with Crippen LogP contribution in [0.2, 0.25) is 0 Å². The molecule has 3 nitrogen and oxygen atoms in total. The first-order valence-corrected chi connectivity index (χ1v) is 7.83. The van der Waals surface area contributed by atoms with Crippen molar-refractivity contribution in [1.29, 1.82) is 0 Å². The summed E-state index contributed by atoms with van der Waals surface area (Å²) in [7, 11) is 4.18. The second kappa shape index (κ2) is 7.74. The average molecular weight is 288 g/mol. The largest absolute Gasteiger partial charge is 0.396 e. The Balaban J connectivity index is 1.90. The highest BCUT2D eigenvalue weighted by molar-refractivity contribution is 5.48. The zero-order valence-electron chi connectivity index (χ0n) is 13.3. The SMILES string of the molecule is CN(C)CC1(CO)CCCN(CC=Cc2ccccc2)C1. The highest BCUT2D eigenvalue weighted by Crippen LogP contribution is 2.30. The maximum atomic E-state index is 9.84. The molecule has 0 aliphatic carbocycles. The van der Waals surface area contributed by atoms with Crippen molar-refractivity contribution in [2.45, 2.75) is 12.8 Å². The molecule has 1 saturated heterocycles. The van der Waals surface area contributed by atoms with Crippen LogP contribution in [0.4, 0.5) is 0 Å². The lowest BCUT2D eigenvalue weighted by molar-refractivity contribution is 0.0180. The molecule has 21 heavy (non-hydrogen) atoms. The highest BCUT2D eigenvalue weighted by Gasteiger charge is 2.34. The molecule has 1 fully saturated rings. The molecule has 1 atom stereocenters. The van der Waals surface area contributed by atoms with Crippen LogP contribution in [0.25, 0.3) is 6.08 Å². The lowest BCUT2D eigenvalue weighted by atomic mass is 9.80. The summed E-state index contributed by atoms with van der Waals surface area (Å²) in [6.07, 6.45) is 6.72. The Labute approximate surface area is 128 Å². The third-order valence-corrected chi connectivity index (χ3v) is 4.20. The van der Waals surface area contributed by atoms with E-state index in [0.29, 0.717) is 0 Å². The van der Waals surface area contributed by atoms with Gasteiger partial charge in [0, 0.05) is 25.0 Å². The molecule has 1 N–H and O–H groups in total. The molecule has 116 valence electrons. The summed E-state index contributed by atoms with van der Waals surface area (Å²) in [5.74, 6) is 0. The van der Waals surface area contributed by atoms with E-state index in [0.717, 1.165) is 32.6 Å². The van der Waals surface area contributed by atoms with Crippen molar-refractivity contribution >= 4 is 6.08 Å². The van der Waals surface area contributed by atoms with E-state index in [1.54, 1.807) is 0 Å². The molecule has 3 heteroatoms.